The smallest absolute Gasteiger partial charge is 0.230 e. The number of carbonyl (C=O) groups is 2. The number of rotatable bonds is 5. The minimum Gasteiger partial charge on any atom is -0.508 e. The lowest BCUT2D eigenvalue weighted by Crippen LogP contribution is -2.30. The van der Waals surface area contributed by atoms with Crippen molar-refractivity contribution in [3.63, 3.8) is 0 Å². The van der Waals surface area contributed by atoms with Crippen molar-refractivity contribution < 1.29 is 14.7 Å². The van der Waals surface area contributed by atoms with Crippen molar-refractivity contribution in [1.29, 1.82) is 0 Å². The standard InChI is InChI=1S/C24H23N3O3S/c1-14-22(26-24(31-14)25-21(29)12-15-3-2-4-19(28)11-15)18-7-8-20-17(13-18)9-10-27(20)23(30)16-5-6-16/h2-4,7-8,11,13,16,28H,5-6,9-10,12H2,1H3,(H,25,26,29). The van der Waals surface area contributed by atoms with Gasteiger partial charge in [-0.25, -0.2) is 4.98 Å². The van der Waals surface area contributed by atoms with Gasteiger partial charge in [-0.2, -0.15) is 0 Å². The van der Waals surface area contributed by atoms with E-state index >= 15 is 0 Å². The largest absolute Gasteiger partial charge is 0.508 e. The van der Waals surface area contributed by atoms with Gasteiger partial charge in [0.05, 0.1) is 12.1 Å². The number of aromatic hydroxyl groups is 1. The minimum atomic E-state index is -0.172. The molecule has 158 valence electrons. The van der Waals surface area contributed by atoms with E-state index in [4.69, 9.17) is 0 Å². The highest BCUT2D eigenvalue weighted by Gasteiger charge is 2.36. The Kier molecular flexibility index (Phi) is 4.98. The molecule has 0 spiro atoms. The summed E-state index contributed by atoms with van der Waals surface area (Å²) in [5.41, 5.74) is 4.80. The van der Waals surface area contributed by atoms with Crippen molar-refractivity contribution in [1.82, 2.24) is 4.98 Å². The summed E-state index contributed by atoms with van der Waals surface area (Å²) in [6, 6.07) is 12.8. The first-order valence-corrected chi connectivity index (χ1v) is 11.3. The van der Waals surface area contributed by atoms with E-state index in [0.717, 1.165) is 53.2 Å². The van der Waals surface area contributed by atoms with E-state index in [9.17, 15) is 14.7 Å². The van der Waals surface area contributed by atoms with Crippen LogP contribution in [-0.2, 0) is 22.4 Å². The number of thiazole rings is 1. The molecule has 7 heteroatoms. The number of phenols is 1. The average molecular weight is 434 g/mol. The van der Waals surface area contributed by atoms with E-state index in [-0.39, 0.29) is 29.9 Å². The van der Waals surface area contributed by atoms with E-state index in [1.807, 2.05) is 24.0 Å². The number of nitrogens with zero attached hydrogens (tertiary/aromatic N) is 2. The van der Waals surface area contributed by atoms with E-state index in [0.29, 0.717) is 5.13 Å². The zero-order valence-corrected chi connectivity index (χ0v) is 18.0. The van der Waals surface area contributed by atoms with Crippen LogP contribution in [0.4, 0.5) is 10.8 Å². The summed E-state index contributed by atoms with van der Waals surface area (Å²) >= 11 is 1.45. The number of aryl methyl sites for hydroxylation is 1. The number of hydrogen-bond donors (Lipinski definition) is 2. The van der Waals surface area contributed by atoms with E-state index in [2.05, 4.69) is 16.4 Å². The lowest BCUT2D eigenvalue weighted by molar-refractivity contribution is -0.119. The molecule has 1 aliphatic carbocycles. The molecule has 6 nitrogen and oxygen atoms in total. The number of carbonyl (C=O) groups excluding carboxylic acids is 2. The summed E-state index contributed by atoms with van der Waals surface area (Å²) in [6.45, 7) is 2.74. The summed E-state index contributed by atoms with van der Waals surface area (Å²) in [5.74, 6) is 0.450. The molecule has 3 aromatic rings. The Labute approximate surface area is 184 Å². The number of phenolic OH excluding ortho intramolecular Hbond substituents is 1. The Morgan fingerprint density at radius 2 is 2.06 bits per heavy atom. The SMILES string of the molecule is Cc1sc(NC(=O)Cc2cccc(O)c2)nc1-c1ccc2c(c1)CCN2C(=O)C1CC1. The Morgan fingerprint density at radius 1 is 1.23 bits per heavy atom. The van der Waals surface area contributed by atoms with Gasteiger partial charge in [0.1, 0.15) is 5.75 Å². The molecule has 1 aromatic heterocycles. The molecule has 5 rings (SSSR count). The van der Waals surface area contributed by atoms with Crippen LogP contribution in [0.2, 0.25) is 0 Å². The predicted molar refractivity (Wildman–Crippen MR) is 122 cm³/mol. The Morgan fingerprint density at radius 3 is 2.84 bits per heavy atom. The van der Waals surface area contributed by atoms with Gasteiger partial charge in [-0.05, 0) is 61.6 Å². The molecule has 0 radical (unpaired) electrons. The Bertz CT molecular complexity index is 1180. The number of nitrogens with one attached hydrogen (secondary N) is 1. The van der Waals surface area contributed by atoms with E-state index < -0.39 is 0 Å². The first-order valence-electron chi connectivity index (χ1n) is 10.5. The van der Waals surface area contributed by atoms with Gasteiger partial charge < -0.3 is 15.3 Å². The molecule has 0 bridgehead atoms. The van der Waals surface area contributed by atoms with Crippen molar-refractivity contribution in [2.75, 3.05) is 16.8 Å². The highest BCUT2D eigenvalue weighted by atomic mass is 32.1. The monoisotopic (exact) mass is 433 g/mol. The molecule has 0 unspecified atom stereocenters. The van der Waals surface area contributed by atoms with Crippen molar-refractivity contribution >= 4 is 34.0 Å². The molecular formula is C24H23N3O3S. The van der Waals surface area contributed by atoms with Crippen LogP contribution in [0, 0.1) is 12.8 Å². The van der Waals surface area contributed by atoms with Gasteiger partial charge in [-0.1, -0.05) is 18.2 Å². The third-order valence-electron chi connectivity index (χ3n) is 5.76. The van der Waals surface area contributed by atoms with E-state index in [1.54, 1.807) is 24.3 Å². The summed E-state index contributed by atoms with van der Waals surface area (Å²) < 4.78 is 0. The van der Waals surface area contributed by atoms with Crippen LogP contribution < -0.4 is 10.2 Å². The minimum absolute atomic E-state index is 0.145. The summed E-state index contributed by atoms with van der Waals surface area (Å²) in [5, 5.41) is 13.0. The van der Waals surface area contributed by atoms with Crippen LogP contribution in [0.25, 0.3) is 11.3 Å². The van der Waals surface area contributed by atoms with Crippen LogP contribution in [0.15, 0.2) is 42.5 Å². The van der Waals surface area contributed by atoms with Gasteiger partial charge >= 0.3 is 0 Å². The van der Waals surface area contributed by atoms with Crippen LogP contribution in [0.3, 0.4) is 0 Å². The summed E-state index contributed by atoms with van der Waals surface area (Å²) in [4.78, 5) is 32.5. The maximum absolute atomic E-state index is 12.5. The predicted octanol–water partition coefficient (Wildman–Crippen LogP) is 4.30. The second-order valence-corrected chi connectivity index (χ2v) is 9.38. The first kappa shape index (κ1) is 19.8. The second kappa shape index (κ2) is 7.81. The normalized spacial score (nSPS) is 15.1. The summed E-state index contributed by atoms with van der Waals surface area (Å²) in [7, 11) is 0. The molecule has 31 heavy (non-hydrogen) atoms. The first-order chi connectivity index (χ1) is 15.0. The van der Waals surface area contributed by atoms with Gasteiger partial charge in [-0.15, -0.1) is 11.3 Å². The average Bonchev–Trinajstić information content (AvgIpc) is 3.40. The van der Waals surface area contributed by atoms with Crippen LogP contribution in [0.1, 0.15) is 28.8 Å². The second-order valence-electron chi connectivity index (χ2n) is 8.18. The Balaban J connectivity index is 1.31. The Hall–Kier alpha value is -3.19. The molecular weight excluding hydrogens is 410 g/mol. The lowest BCUT2D eigenvalue weighted by Gasteiger charge is -2.17. The molecule has 2 heterocycles. The molecule has 1 aliphatic heterocycles. The maximum Gasteiger partial charge on any atom is 0.230 e. The fourth-order valence-electron chi connectivity index (χ4n) is 4.06. The molecule has 1 saturated carbocycles. The molecule has 0 atom stereocenters. The van der Waals surface area contributed by atoms with Gasteiger partial charge in [-0.3, -0.25) is 9.59 Å². The number of aromatic nitrogens is 1. The zero-order chi connectivity index (χ0) is 21.5. The quantitative estimate of drug-likeness (QED) is 0.628. The van der Waals surface area contributed by atoms with Gasteiger partial charge in [0.15, 0.2) is 5.13 Å². The zero-order valence-electron chi connectivity index (χ0n) is 17.2. The third-order valence-corrected chi connectivity index (χ3v) is 6.65. The number of amides is 2. The highest BCUT2D eigenvalue weighted by molar-refractivity contribution is 7.16. The van der Waals surface area contributed by atoms with Crippen LogP contribution >= 0.6 is 11.3 Å². The van der Waals surface area contributed by atoms with Crippen LogP contribution in [-0.4, -0.2) is 28.4 Å². The highest BCUT2D eigenvalue weighted by Crippen LogP contribution is 2.39. The van der Waals surface area contributed by atoms with Crippen molar-refractivity contribution in [2.24, 2.45) is 5.92 Å². The van der Waals surface area contributed by atoms with Gasteiger partial charge in [0, 0.05) is 28.6 Å². The summed E-state index contributed by atoms with van der Waals surface area (Å²) in [6.07, 6.45) is 3.06. The number of fused-ring (bicyclic) bond motifs is 1. The van der Waals surface area contributed by atoms with Gasteiger partial charge in [0.2, 0.25) is 11.8 Å². The number of benzene rings is 2. The molecule has 2 amide bonds. The third kappa shape index (κ3) is 4.05. The number of hydrogen-bond acceptors (Lipinski definition) is 5. The number of anilines is 2. The lowest BCUT2D eigenvalue weighted by atomic mass is 10.1. The molecule has 2 aromatic carbocycles. The van der Waals surface area contributed by atoms with Crippen molar-refractivity contribution in [2.45, 2.75) is 32.6 Å². The topological polar surface area (TPSA) is 82.5 Å². The van der Waals surface area contributed by atoms with Crippen LogP contribution in [0.5, 0.6) is 5.75 Å². The van der Waals surface area contributed by atoms with E-state index in [1.165, 1.54) is 16.9 Å². The maximum atomic E-state index is 12.5. The fourth-order valence-corrected chi connectivity index (χ4v) is 4.91. The molecule has 2 N–H and O–H groups in total. The molecule has 1 fully saturated rings. The molecule has 2 aliphatic rings. The fraction of sp³-hybridized carbons (Fsp3) is 0.292. The van der Waals surface area contributed by atoms with Crippen molar-refractivity contribution in [3.05, 3.63) is 58.5 Å². The molecule has 0 saturated heterocycles. The van der Waals surface area contributed by atoms with Crippen molar-refractivity contribution in [3.8, 4) is 17.0 Å². The van der Waals surface area contributed by atoms with Gasteiger partial charge in [0.25, 0.3) is 0 Å².